The molecule has 1 heterocycles. The fourth-order valence-electron chi connectivity index (χ4n) is 2.50. The van der Waals surface area contributed by atoms with Crippen molar-refractivity contribution in [2.24, 2.45) is 0 Å². The summed E-state index contributed by atoms with van der Waals surface area (Å²) in [6, 6.07) is 2.64. The van der Waals surface area contributed by atoms with Gasteiger partial charge in [-0.3, -0.25) is 0 Å². The van der Waals surface area contributed by atoms with Crippen LogP contribution in [0.3, 0.4) is 0 Å². The van der Waals surface area contributed by atoms with Crippen LogP contribution in [0.5, 0.6) is 5.75 Å². The van der Waals surface area contributed by atoms with Crippen molar-refractivity contribution in [3.05, 3.63) is 49.2 Å². The van der Waals surface area contributed by atoms with Gasteiger partial charge in [-0.2, -0.15) is 23.2 Å². The molecule has 0 radical (unpaired) electrons. The lowest BCUT2D eigenvalue weighted by atomic mass is 9.99. The number of carbonyl (C=O) groups is 1. The van der Waals surface area contributed by atoms with E-state index in [2.05, 4.69) is 9.68 Å². The number of ether oxygens (including phenoxy) is 2. The molecular formula is C15H14ClF3N2O9. The van der Waals surface area contributed by atoms with Crippen molar-refractivity contribution < 1.29 is 52.8 Å². The molecule has 0 fully saturated rings. The van der Waals surface area contributed by atoms with E-state index in [0.29, 0.717) is 5.56 Å². The van der Waals surface area contributed by atoms with E-state index in [9.17, 15) is 33.3 Å². The second-order valence-electron chi connectivity index (χ2n) is 5.90. The van der Waals surface area contributed by atoms with Crippen LogP contribution in [0.25, 0.3) is 6.08 Å². The van der Waals surface area contributed by atoms with Crippen molar-refractivity contribution in [1.82, 2.24) is 0 Å². The molecule has 15 heteroatoms. The van der Waals surface area contributed by atoms with Crippen LogP contribution >= 0.6 is 11.6 Å². The minimum absolute atomic E-state index is 0.0762. The van der Waals surface area contributed by atoms with Gasteiger partial charge in [0.2, 0.25) is 6.10 Å². The van der Waals surface area contributed by atoms with Gasteiger partial charge >= 0.3 is 12.1 Å². The molecule has 11 nitrogen and oxygen atoms in total. The molecule has 3 atom stereocenters. The molecule has 2 N–H and O–H groups in total. The van der Waals surface area contributed by atoms with E-state index in [1.54, 1.807) is 0 Å². The summed E-state index contributed by atoms with van der Waals surface area (Å²) >= 11 is 5.89. The molecule has 1 aromatic rings. The fraction of sp³-hybridized carbons (Fsp3) is 0.400. The van der Waals surface area contributed by atoms with Gasteiger partial charge in [-0.05, 0) is 30.7 Å². The number of nitrogens with zero attached hydrogens (tertiary/aromatic N) is 1. The zero-order valence-corrected chi connectivity index (χ0v) is 15.7. The second kappa shape index (κ2) is 9.44. The normalized spacial score (nSPS) is 17.8. The Labute approximate surface area is 170 Å². The number of esters is 1. The summed E-state index contributed by atoms with van der Waals surface area (Å²) in [5, 5.41) is 26.4. The minimum Gasteiger partial charge on any atom is -0.566 e. The smallest absolute Gasteiger partial charge is 0.430 e. The summed E-state index contributed by atoms with van der Waals surface area (Å²) in [6.07, 6.45) is -8.55. The Hall–Kier alpha value is -2.65. The van der Waals surface area contributed by atoms with Crippen molar-refractivity contribution in [2.75, 3.05) is 13.2 Å². The van der Waals surface area contributed by atoms with Gasteiger partial charge in [0.05, 0.1) is 5.57 Å². The predicted octanol–water partition coefficient (Wildman–Crippen LogP) is 1.18. The van der Waals surface area contributed by atoms with E-state index >= 15 is 0 Å². The van der Waals surface area contributed by atoms with Crippen LogP contribution < -0.4 is 10.1 Å². The Morgan fingerprint density at radius 2 is 2.10 bits per heavy atom. The predicted molar refractivity (Wildman–Crippen MR) is 89.5 cm³/mol. The average molecular weight is 459 g/mol. The maximum atomic E-state index is 13.5. The number of nitrogens with one attached hydrogen (secondary N) is 1. The maximum absolute atomic E-state index is 13.5. The molecule has 30 heavy (non-hydrogen) atoms. The van der Waals surface area contributed by atoms with Gasteiger partial charge in [-0.25, -0.2) is 4.79 Å². The van der Waals surface area contributed by atoms with Crippen LogP contribution in [-0.2, 0) is 19.2 Å². The summed E-state index contributed by atoms with van der Waals surface area (Å²) in [4.78, 5) is 30.9. The molecule has 0 spiro atoms. The first-order chi connectivity index (χ1) is 13.9. The van der Waals surface area contributed by atoms with Gasteiger partial charge in [0, 0.05) is 10.6 Å². The van der Waals surface area contributed by atoms with E-state index in [-0.39, 0.29) is 16.3 Å². The molecule has 0 amide bonds. The molecule has 0 aliphatic carbocycles. The van der Waals surface area contributed by atoms with Crippen LogP contribution in [0, 0.1) is 22.2 Å². The van der Waals surface area contributed by atoms with Gasteiger partial charge in [-0.1, -0.05) is 17.0 Å². The third-order valence-corrected chi connectivity index (χ3v) is 3.88. The third kappa shape index (κ3) is 6.17. The standard InChI is InChI=1S/C15H14ClF3N2O9/c1-7-2-9(16)3-8-4-11(13(15(17,18)19)30-12(7)8)14(22)29-10(5-27-20(23)24)6-28-21(25)26/h2-4,10,13,20,23H,5-6H2,1H3/t10?,13-/m0/s1. The zero-order valence-electron chi connectivity index (χ0n) is 15.0. The summed E-state index contributed by atoms with van der Waals surface area (Å²) in [5.41, 5.74) is -0.604. The SMILES string of the molecule is Cc1cc(Cl)cc2c1O[C@H](C(F)(F)F)C(C(=O)OC(CO[N+](=O)[O-])CO[NH+]([O-])O)=C2. The molecule has 1 aliphatic heterocycles. The molecule has 2 rings (SSSR count). The Balaban J connectivity index is 2.33. The zero-order chi connectivity index (χ0) is 22.6. The van der Waals surface area contributed by atoms with E-state index in [0.717, 1.165) is 6.08 Å². The highest BCUT2D eigenvalue weighted by Crippen LogP contribution is 2.40. The molecule has 0 saturated carbocycles. The monoisotopic (exact) mass is 458 g/mol. The number of quaternary nitrogens is 1. The number of halogens is 4. The number of carbonyl (C=O) groups excluding carboxylic acids is 1. The molecule has 0 aromatic heterocycles. The van der Waals surface area contributed by atoms with E-state index in [1.165, 1.54) is 19.1 Å². The number of benzene rings is 1. The van der Waals surface area contributed by atoms with Crippen LogP contribution in [0.15, 0.2) is 17.7 Å². The highest BCUT2D eigenvalue weighted by molar-refractivity contribution is 6.30. The third-order valence-electron chi connectivity index (χ3n) is 3.66. The quantitative estimate of drug-likeness (QED) is 0.333. The highest BCUT2D eigenvalue weighted by Gasteiger charge is 2.49. The molecule has 2 unspecified atom stereocenters. The lowest BCUT2D eigenvalue weighted by Crippen LogP contribution is -3.03. The van der Waals surface area contributed by atoms with Crippen LogP contribution in [-0.4, -0.2) is 47.9 Å². The number of alkyl halides is 3. The van der Waals surface area contributed by atoms with Crippen molar-refractivity contribution >= 4 is 23.6 Å². The van der Waals surface area contributed by atoms with Crippen molar-refractivity contribution in [3.63, 3.8) is 0 Å². The number of hydrogen-bond acceptors (Lipinski definition) is 9. The highest BCUT2D eigenvalue weighted by atomic mass is 35.5. The Morgan fingerprint density at radius 3 is 2.67 bits per heavy atom. The topological polar surface area (TPSA) is 145 Å². The van der Waals surface area contributed by atoms with Gasteiger partial charge < -0.3 is 19.5 Å². The van der Waals surface area contributed by atoms with E-state index in [4.69, 9.17) is 26.3 Å². The molecule has 0 bridgehead atoms. The summed E-state index contributed by atoms with van der Waals surface area (Å²) < 4.78 is 50.2. The van der Waals surface area contributed by atoms with E-state index in [1.807, 2.05) is 0 Å². The Kier molecular flexibility index (Phi) is 7.44. The molecule has 1 aromatic carbocycles. The van der Waals surface area contributed by atoms with Crippen molar-refractivity contribution in [1.29, 1.82) is 0 Å². The van der Waals surface area contributed by atoms with Crippen LogP contribution in [0.1, 0.15) is 11.1 Å². The second-order valence-corrected chi connectivity index (χ2v) is 6.34. The first-order valence-corrected chi connectivity index (χ1v) is 8.35. The van der Waals surface area contributed by atoms with Gasteiger partial charge in [0.15, 0.2) is 6.10 Å². The maximum Gasteiger partial charge on any atom is 0.430 e. The summed E-state index contributed by atoms with van der Waals surface area (Å²) in [5.74, 6) is -1.70. The van der Waals surface area contributed by atoms with Crippen molar-refractivity contribution in [3.8, 4) is 5.75 Å². The summed E-state index contributed by atoms with van der Waals surface area (Å²) in [6.45, 7) is -0.427. The fourth-order valence-corrected chi connectivity index (χ4v) is 2.78. The number of rotatable bonds is 8. The minimum atomic E-state index is -5.01. The lowest BCUT2D eigenvalue weighted by Gasteiger charge is -2.29. The van der Waals surface area contributed by atoms with E-state index < -0.39 is 53.6 Å². The number of aryl methyl sites for hydroxylation is 1. The molecule has 1 aliphatic rings. The summed E-state index contributed by atoms with van der Waals surface area (Å²) in [7, 11) is 0. The Morgan fingerprint density at radius 1 is 1.43 bits per heavy atom. The van der Waals surface area contributed by atoms with Gasteiger partial charge in [-0.15, -0.1) is 10.1 Å². The lowest BCUT2D eigenvalue weighted by molar-refractivity contribution is -1.21. The van der Waals surface area contributed by atoms with Gasteiger partial charge in [0.1, 0.15) is 19.0 Å². The van der Waals surface area contributed by atoms with Gasteiger partial charge in [0.25, 0.3) is 5.09 Å². The van der Waals surface area contributed by atoms with Crippen LogP contribution in [0.4, 0.5) is 13.2 Å². The number of hydrogen-bond donors (Lipinski definition) is 2. The first-order valence-electron chi connectivity index (χ1n) is 7.97. The Bertz CT molecular complexity index is 847. The largest absolute Gasteiger partial charge is 0.566 e. The molecule has 0 saturated heterocycles. The molecule has 166 valence electrons. The number of fused-ring (bicyclic) bond motifs is 1. The van der Waals surface area contributed by atoms with Crippen molar-refractivity contribution in [2.45, 2.75) is 25.3 Å². The average Bonchev–Trinajstić information content (AvgIpc) is 2.61. The molecular weight excluding hydrogens is 445 g/mol. The first kappa shape index (κ1) is 23.6. The van der Waals surface area contributed by atoms with Crippen LogP contribution in [0.2, 0.25) is 5.02 Å².